The number of nitrogens with two attached hydrogens (primary N) is 1. The van der Waals surface area contributed by atoms with Crippen LogP contribution in [-0.2, 0) is 9.53 Å². The van der Waals surface area contributed by atoms with E-state index in [4.69, 9.17) is 10.5 Å². The first kappa shape index (κ1) is 12.8. The van der Waals surface area contributed by atoms with E-state index >= 15 is 0 Å². The van der Waals surface area contributed by atoms with Gasteiger partial charge in [-0.3, -0.25) is 4.79 Å². The van der Waals surface area contributed by atoms with Crippen LogP contribution in [0, 0.1) is 11.8 Å². The number of nitrogens with zero attached hydrogens (tertiary/aromatic N) is 1. The average Bonchev–Trinajstić information content (AvgIpc) is 2.56. The van der Waals surface area contributed by atoms with Gasteiger partial charge in [-0.2, -0.15) is 0 Å². The highest BCUT2D eigenvalue weighted by Gasteiger charge is 2.41. The lowest BCUT2D eigenvalue weighted by Crippen LogP contribution is -2.32. The highest BCUT2D eigenvalue weighted by Crippen LogP contribution is 2.33. The fraction of sp³-hybridized carbons (Fsp3) is 0.538. The largest absolute Gasteiger partial charge is 0.396 e. The molecule has 1 aromatic rings. The molecule has 2 rings (SSSR count). The third-order valence-corrected chi connectivity index (χ3v) is 3.63. The predicted molar refractivity (Wildman–Crippen MR) is 69.9 cm³/mol. The Kier molecular flexibility index (Phi) is 3.52. The van der Waals surface area contributed by atoms with Crippen molar-refractivity contribution in [1.82, 2.24) is 4.98 Å². The second kappa shape index (κ2) is 4.94. The van der Waals surface area contributed by atoms with Crippen molar-refractivity contribution in [2.75, 3.05) is 11.1 Å². The van der Waals surface area contributed by atoms with Crippen molar-refractivity contribution in [3.8, 4) is 0 Å². The summed E-state index contributed by atoms with van der Waals surface area (Å²) in [6.45, 7) is 5.94. The molecule has 0 spiro atoms. The van der Waals surface area contributed by atoms with Crippen LogP contribution in [0.5, 0.6) is 0 Å². The molecule has 0 saturated carbocycles. The summed E-state index contributed by atoms with van der Waals surface area (Å²) in [7, 11) is 0. The molecular weight excluding hydrogens is 230 g/mol. The molecule has 5 heteroatoms. The van der Waals surface area contributed by atoms with Gasteiger partial charge in [-0.05, 0) is 31.9 Å². The predicted octanol–water partition coefficient (Wildman–Crippen LogP) is 1.66. The number of amides is 1. The Morgan fingerprint density at radius 1 is 1.39 bits per heavy atom. The number of hydrogen-bond acceptors (Lipinski definition) is 4. The van der Waals surface area contributed by atoms with Gasteiger partial charge in [-0.15, -0.1) is 0 Å². The van der Waals surface area contributed by atoms with Crippen LogP contribution in [-0.4, -0.2) is 23.1 Å². The van der Waals surface area contributed by atoms with E-state index in [2.05, 4.69) is 10.3 Å². The van der Waals surface area contributed by atoms with Crippen LogP contribution >= 0.6 is 0 Å². The summed E-state index contributed by atoms with van der Waals surface area (Å²) in [6, 6.07) is 3.44. The molecule has 1 aliphatic rings. The molecule has 1 saturated heterocycles. The summed E-state index contributed by atoms with van der Waals surface area (Å²) in [5, 5.41) is 2.78. The van der Waals surface area contributed by atoms with Crippen LogP contribution in [0.4, 0.5) is 11.5 Å². The average molecular weight is 249 g/mol. The lowest BCUT2D eigenvalue weighted by Gasteiger charge is -2.18. The molecule has 5 nitrogen and oxygen atoms in total. The first-order valence-corrected chi connectivity index (χ1v) is 6.17. The van der Waals surface area contributed by atoms with Crippen molar-refractivity contribution < 1.29 is 9.53 Å². The van der Waals surface area contributed by atoms with Gasteiger partial charge in [0.1, 0.15) is 0 Å². The molecule has 1 aromatic heterocycles. The zero-order valence-electron chi connectivity index (χ0n) is 10.9. The van der Waals surface area contributed by atoms with Gasteiger partial charge < -0.3 is 15.8 Å². The maximum Gasteiger partial charge on any atom is 0.231 e. The highest BCUT2D eigenvalue weighted by atomic mass is 16.5. The van der Waals surface area contributed by atoms with E-state index in [-0.39, 0.29) is 30.0 Å². The lowest BCUT2D eigenvalue weighted by molar-refractivity contribution is -0.122. The zero-order valence-corrected chi connectivity index (χ0v) is 10.9. The fourth-order valence-corrected chi connectivity index (χ4v) is 2.44. The molecule has 4 unspecified atom stereocenters. The van der Waals surface area contributed by atoms with Crippen LogP contribution in [0.3, 0.4) is 0 Å². The Bertz CT molecular complexity index is 450. The molecule has 0 aromatic carbocycles. The topological polar surface area (TPSA) is 77.2 Å². The van der Waals surface area contributed by atoms with Gasteiger partial charge in [-0.25, -0.2) is 4.98 Å². The third kappa shape index (κ3) is 2.31. The minimum absolute atomic E-state index is 0.0789. The van der Waals surface area contributed by atoms with Crippen LogP contribution < -0.4 is 11.1 Å². The SMILES string of the molecule is CC1OC(C)C(C(=O)Nc2ncccc2N)C1C. The van der Waals surface area contributed by atoms with Crippen LogP contribution in [0.1, 0.15) is 20.8 Å². The zero-order chi connectivity index (χ0) is 13.3. The van der Waals surface area contributed by atoms with E-state index in [9.17, 15) is 4.79 Å². The van der Waals surface area contributed by atoms with Gasteiger partial charge in [0.25, 0.3) is 0 Å². The first-order chi connectivity index (χ1) is 8.50. The summed E-state index contributed by atoms with van der Waals surface area (Å²) < 4.78 is 5.66. The molecule has 1 aliphatic heterocycles. The maximum absolute atomic E-state index is 12.2. The number of hydrogen-bond donors (Lipinski definition) is 2. The van der Waals surface area contributed by atoms with Crippen molar-refractivity contribution >= 4 is 17.4 Å². The van der Waals surface area contributed by atoms with E-state index in [0.29, 0.717) is 11.5 Å². The molecule has 0 aliphatic carbocycles. The number of nitrogens with one attached hydrogen (secondary N) is 1. The minimum Gasteiger partial charge on any atom is -0.396 e. The van der Waals surface area contributed by atoms with Gasteiger partial charge >= 0.3 is 0 Å². The molecule has 2 heterocycles. The standard InChI is InChI=1S/C13H19N3O2/c1-7-8(2)18-9(3)11(7)13(17)16-12-10(14)5-4-6-15-12/h4-9,11H,14H2,1-3H3,(H,15,16,17). The molecule has 0 radical (unpaired) electrons. The monoisotopic (exact) mass is 249 g/mol. The number of rotatable bonds is 2. The molecule has 4 atom stereocenters. The highest BCUT2D eigenvalue weighted by molar-refractivity contribution is 5.94. The maximum atomic E-state index is 12.2. The number of pyridine rings is 1. The van der Waals surface area contributed by atoms with E-state index in [1.165, 1.54) is 0 Å². The first-order valence-electron chi connectivity index (χ1n) is 6.17. The molecule has 18 heavy (non-hydrogen) atoms. The molecule has 1 amide bonds. The van der Waals surface area contributed by atoms with E-state index in [0.717, 1.165) is 0 Å². The van der Waals surface area contributed by atoms with Crippen molar-refractivity contribution in [1.29, 1.82) is 0 Å². The van der Waals surface area contributed by atoms with Gasteiger partial charge in [0.2, 0.25) is 5.91 Å². The smallest absolute Gasteiger partial charge is 0.231 e. The van der Waals surface area contributed by atoms with Crippen molar-refractivity contribution in [3.63, 3.8) is 0 Å². The molecule has 98 valence electrons. The van der Waals surface area contributed by atoms with Crippen molar-refractivity contribution in [2.45, 2.75) is 33.0 Å². The van der Waals surface area contributed by atoms with Crippen LogP contribution in [0.2, 0.25) is 0 Å². The lowest BCUT2D eigenvalue weighted by atomic mass is 9.89. The number of carbonyl (C=O) groups is 1. The number of carbonyl (C=O) groups excluding carboxylic acids is 1. The molecule has 0 bridgehead atoms. The normalized spacial score (nSPS) is 31.3. The van der Waals surface area contributed by atoms with Crippen molar-refractivity contribution in [2.24, 2.45) is 11.8 Å². The molecular formula is C13H19N3O2. The summed E-state index contributed by atoms with van der Waals surface area (Å²) in [4.78, 5) is 16.3. The van der Waals surface area contributed by atoms with Crippen molar-refractivity contribution in [3.05, 3.63) is 18.3 Å². The third-order valence-electron chi connectivity index (χ3n) is 3.63. The van der Waals surface area contributed by atoms with Crippen LogP contribution in [0.15, 0.2) is 18.3 Å². The number of anilines is 2. The Balaban J connectivity index is 2.11. The minimum atomic E-state index is -0.165. The fourth-order valence-electron chi connectivity index (χ4n) is 2.44. The summed E-state index contributed by atoms with van der Waals surface area (Å²) in [5.41, 5.74) is 6.23. The molecule has 3 N–H and O–H groups in total. The summed E-state index contributed by atoms with van der Waals surface area (Å²) in [6.07, 6.45) is 1.61. The van der Waals surface area contributed by atoms with E-state index in [1.54, 1.807) is 18.3 Å². The van der Waals surface area contributed by atoms with E-state index < -0.39 is 0 Å². The Morgan fingerprint density at radius 2 is 2.11 bits per heavy atom. The van der Waals surface area contributed by atoms with Crippen LogP contribution in [0.25, 0.3) is 0 Å². The van der Waals surface area contributed by atoms with E-state index in [1.807, 2.05) is 20.8 Å². The second-order valence-electron chi connectivity index (χ2n) is 4.86. The summed E-state index contributed by atoms with van der Waals surface area (Å²) >= 11 is 0. The number of ether oxygens (including phenoxy) is 1. The quantitative estimate of drug-likeness (QED) is 0.835. The Hall–Kier alpha value is -1.62. The van der Waals surface area contributed by atoms with Gasteiger partial charge in [0, 0.05) is 6.20 Å². The Morgan fingerprint density at radius 3 is 2.67 bits per heavy atom. The van der Waals surface area contributed by atoms with Gasteiger partial charge in [0.15, 0.2) is 5.82 Å². The number of aromatic nitrogens is 1. The molecule has 1 fully saturated rings. The number of nitrogen functional groups attached to an aromatic ring is 1. The van der Waals surface area contributed by atoms with Gasteiger partial charge in [0.05, 0.1) is 23.8 Å². The van der Waals surface area contributed by atoms with Gasteiger partial charge in [-0.1, -0.05) is 6.92 Å². The second-order valence-corrected chi connectivity index (χ2v) is 4.86. The Labute approximate surface area is 107 Å². The summed E-state index contributed by atoms with van der Waals surface area (Å²) in [5.74, 6) is 0.359.